The SMILES string of the molecule is CN1C(c2ccc(-c3cccc(C4=CC=CC5(C)C4c4ccccc4N5c4ccccc4)c3)cc2)=NC(c2ccccc2)=NC1c1ccc(-n2c3ccccc3c3ccccc32)c(-c2ccccc2)c1. The molecule has 3 unspecified atom stereocenters. The quantitative estimate of drug-likeness (QED) is 0.152. The molecule has 1 aromatic heterocycles. The molecule has 10 aromatic rings. The highest BCUT2D eigenvalue weighted by Gasteiger charge is 2.50. The molecule has 70 heavy (non-hydrogen) atoms. The Bertz CT molecular complexity index is 3700. The van der Waals surface area contributed by atoms with E-state index in [-0.39, 0.29) is 17.6 Å². The minimum Gasteiger partial charge on any atom is -0.333 e. The van der Waals surface area contributed by atoms with Crippen molar-refractivity contribution in [1.82, 2.24) is 9.47 Å². The van der Waals surface area contributed by atoms with Crippen LogP contribution in [0.5, 0.6) is 0 Å². The van der Waals surface area contributed by atoms with E-state index in [9.17, 15) is 0 Å². The van der Waals surface area contributed by atoms with Gasteiger partial charge in [-0.15, -0.1) is 0 Å². The highest BCUT2D eigenvalue weighted by Crippen LogP contribution is 2.58. The molecule has 334 valence electrons. The minimum atomic E-state index is -0.337. The highest BCUT2D eigenvalue weighted by molar-refractivity contribution is 6.13. The van der Waals surface area contributed by atoms with E-state index in [0.717, 1.165) is 44.9 Å². The summed E-state index contributed by atoms with van der Waals surface area (Å²) in [6, 6.07) is 83.1. The average molecular weight is 900 g/mol. The summed E-state index contributed by atoms with van der Waals surface area (Å²) in [4.78, 5) is 15.5. The van der Waals surface area contributed by atoms with Gasteiger partial charge in [-0.05, 0) is 94.4 Å². The fourth-order valence-corrected chi connectivity index (χ4v) is 11.4. The lowest BCUT2D eigenvalue weighted by Gasteiger charge is -2.41. The Kier molecular flexibility index (Phi) is 9.91. The Balaban J connectivity index is 0.861. The number of aromatic nitrogens is 1. The normalized spacial score (nSPS) is 18.3. The Morgan fingerprint density at radius 2 is 1.09 bits per heavy atom. The molecule has 1 aliphatic carbocycles. The van der Waals surface area contributed by atoms with Crippen molar-refractivity contribution in [2.45, 2.75) is 24.5 Å². The van der Waals surface area contributed by atoms with Gasteiger partial charge < -0.3 is 14.4 Å². The molecule has 13 rings (SSSR count). The van der Waals surface area contributed by atoms with Crippen molar-refractivity contribution in [3.8, 4) is 27.9 Å². The first kappa shape index (κ1) is 41.4. The van der Waals surface area contributed by atoms with Crippen LogP contribution < -0.4 is 4.90 Å². The molecule has 0 radical (unpaired) electrons. The van der Waals surface area contributed by atoms with Crippen LogP contribution >= 0.6 is 0 Å². The Morgan fingerprint density at radius 3 is 1.81 bits per heavy atom. The van der Waals surface area contributed by atoms with Crippen LogP contribution in [0.1, 0.15) is 46.8 Å². The maximum Gasteiger partial charge on any atom is 0.159 e. The molecule has 3 atom stereocenters. The highest BCUT2D eigenvalue weighted by atomic mass is 15.3. The molecule has 3 heterocycles. The third-order valence-electron chi connectivity index (χ3n) is 14.7. The zero-order valence-corrected chi connectivity index (χ0v) is 39.1. The number of anilines is 2. The lowest BCUT2D eigenvalue weighted by atomic mass is 9.73. The van der Waals surface area contributed by atoms with E-state index in [1.54, 1.807) is 0 Å². The number of amidine groups is 2. The summed E-state index contributed by atoms with van der Waals surface area (Å²) >= 11 is 0. The van der Waals surface area contributed by atoms with Gasteiger partial charge in [-0.1, -0.05) is 200 Å². The summed E-state index contributed by atoms with van der Waals surface area (Å²) in [5.41, 5.74) is 17.3. The van der Waals surface area contributed by atoms with Crippen molar-refractivity contribution in [3.05, 3.63) is 277 Å². The number of fused-ring (bicyclic) bond motifs is 6. The van der Waals surface area contributed by atoms with Crippen LogP contribution in [0.4, 0.5) is 11.4 Å². The van der Waals surface area contributed by atoms with Gasteiger partial charge in [0.1, 0.15) is 5.84 Å². The van der Waals surface area contributed by atoms with Gasteiger partial charge >= 0.3 is 0 Å². The third-order valence-corrected chi connectivity index (χ3v) is 14.7. The Labute approximate surface area is 409 Å². The largest absolute Gasteiger partial charge is 0.333 e. The summed E-state index contributed by atoms with van der Waals surface area (Å²) in [6.07, 6.45) is 6.61. The van der Waals surface area contributed by atoms with Crippen molar-refractivity contribution in [2.24, 2.45) is 9.98 Å². The van der Waals surface area contributed by atoms with E-state index < -0.39 is 0 Å². The van der Waals surface area contributed by atoms with Crippen molar-refractivity contribution in [3.63, 3.8) is 0 Å². The molecule has 5 heteroatoms. The standard InChI is InChI=1S/C65H49N5/c1-65-41-19-31-52(61(65)55-30-14-17-34-60(55)70(65)51-26-10-5-11-27-51)49-25-18-24-48(42-49)44-35-37-47(38-36-44)63-66-62(46-22-8-4-9-23-46)67-64(68(63)2)50-39-40-59(56(43-50)45-20-6-3-7-21-45)69-57-32-15-12-28-53(57)54-29-13-16-33-58(54)69/h3-43,61,64H,1-2H3. The van der Waals surface area contributed by atoms with Crippen molar-refractivity contribution in [2.75, 3.05) is 11.9 Å². The Morgan fingerprint density at radius 1 is 0.486 bits per heavy atom. The monoisotopic (exact) mass is 899 g/mol. The zero-order valence-electron chi connectivity index (χ0n) is 39.1. The smallest absolute Gasteiger partial charge is 0.159 e. The molecule has 3 aliphatic rings. The molecule has 0 amide bonds. The van der Waals surface area contributed by atoms with Gasteiger partial charge in [0.2, 0.25) is 0 Å². The second-order valence-electron chi connectivity index (χ2n) is 18.8. The van der Waals surface area contributed by atoms with E-state index in [1.165, 1.54) is 55.4 Å². The molecule has 2 aliphatic heterocycles. The number of hydrogen-bond donors (Lipinski definition) is 0. The Hall–Kier alpha value is -8.80. The fraction of sp³-hybridized carbons (Fsp3) is 0.0769. The van der Waals surface area contributed by atoms with E-state index >= 15 is 0 Å². The predicted molar refractivity (Wildman–Crippen MR) is 291 cm³/mol. The molecule has 9 aromatic carbocycles. The number of benzene rings is 9. The number of allylic oxidation sites excluding steroid dienone is 2. The first-order chi connectivity index (χ1) is 34.5. The van der Waals surface area contributed by atoms with Gasteiger partial charge in [-0.3, -0.25) is 0 Å². The molecule has 0 saturated heterocycles. The summed E-state index contributed by atoms with van der Waals surface area (Å²) < 4.78 is 2.41. The number of nitrogens with zero attached hydrogens (tertiary/aromatic N) is 5. The first-order valence-corrected chi connectivity index (χ1v) is 24.2. The van der Waals surface area contributed by atoms with Crippen LogP contribution in [0.2, 0.25) is 0 Å². The van der Waals surface area contributed by atoms with Gasteiger partial charge in [0.05, 0.1) is 22.3 Å². The number of aliphatic imine (C=N–C) groups is 2. The van der Waals surface area contributed by atoms with Crippen LogP contribution in [-0.4, -0.2) is 33.7 Å². The lowest BCUT2D eigenvalue weighted by molar-refractivity contribution is 0.383. The lowest BCUT2D eigenvalue weighted by Crippen LogP contribution is -2.43. The van der Waals surface area contributed by atoms with E-state index in [0.29, 0.717) is 5.84 Å². The summed E-state index contributed by atoms with van der Waals surface area (Å²) in [6.45, 7) is 2.38. The first-order valence-electron chi connectivity index (χ1n) is 24.2. The number of hydrogen-bond acceptors (Lipinski definition) is 4. The van der Waals surface area contributed by atoms with E-state index in [2.05, 4.69) is 271 Å². The van der Waals surface area contributed by atoms with Gasteiger partial charge in [0, 0.05) is 51.8 Å². The van der Waals surface area contributed by atoms with Crippen molar-refractivity contribution in [1.29, 1.82) is 0 Å². The molecule has 0 bridgehead atoms. The summed E-state index contributed by atoms with van der Waals surface area (Å²) in [5.74, 6) is 1.74. The molecular weight excluding hydrogens is 851 g/mol. The van der Waals surface area contributed by atoms with E-state index in [4.69, 9.17) is 9.98 Å². The molecule has 0 saturated carbocycles. The molecule has 0 fully saturated rings. The van der Waals surface area contributed by atoms with Crippen LogP contribution in [0.3, 0.4) is 0 Å². The van der Waals surface area contributed by atoms with Gasteiger partial charge in [0.15, 0.2) is 12.0 Å². The van der Waals surface area contributed by atoms with E-state index in [1.807, 2.05) is 6.07 Å². The molecule has 0 spiro atoms. The topological polar surface area (TPSA) is 36.1 Å². The van der Waals surface area contributed by atoms with Crippen molar-refractivity contribution >= 4 is 50.4 Å². The molecular formula is C65H49N5. The number of rotatable bonds is 8. The third kappa shape index (κ3) is 6.76. The predicted octanol–water partition coefficient (Wildman–Crippen LogP) is 15.6. The second-order valence-corrected chi connectivity index (χ2v) is 18.8. The van der Waals surface area contributed by atoms with Gasteiger partial charge in [0.25, 0.3) is 0 Å². The van der Waals surface area contributed by atoms with Gasteiger partial charge in [-0.25, -0.2) is 9.98 Å². The number of para-hydroxylation sites is 4. The fourth-order valence-electron chi connectivity index (χ4n) is 11.4. The second kappa shape index (κ2) is 16.8. The molecule has 5 nitrogen and oxygen atoms in total. The van der Waals surface area contributed by atoms with Crippen LogP contribution in [0.25, 0.3) is 55.3 Å². The average Bonchev–Trinajstić information content (AvgIpc) is 3.91. The maximum atomic E-state index is 5.42. The minimum absolute atomic E-state index is 0.161. The van der Waals surface area contributed by atoms with Crippen LogP contribution in [0, 0.1) is 0 Å². The maximum absolute atomic E-state index is 5.42. The van der Waals surface area contributed by atoms with Crippen LogP contribution in [-0.2, 0) is 0 Å². The zero-order chi connectivity index (χ0) is 46.8. The summed E-state index contributed by atoms with van der Waals surface area (Å²) in [5, 5.41) is 2.48. The van der Waals surface area contributed by atoms with Crippen LogP contribution in [0.15, 0.2) is 259 Å². The van der Waals surface area contributed by atoms with Gasteiger partial charge in [-0.2, -0.15) is 0 Å². The summed E-state index contributed by atoms with van der Waals surface area (Å²) in [7, 11) is 2.12. The van der Waals surface area contributed by atoms with Crippen molar-refractivity contribution < 1.29 is 0 Å². The molecule has 0 N–H and O–H groups in total.